The summed E-state index contributed by atoms with van der Waals surface area (Å²) >= 11 is 11.9. The van der Waals surface area contributed by atoms with Crippen molar-refractivity contribution in [3.8, 4) is 5.75 Å². The van der Waals surface area contributed by atoms with Crippen LogP contribution in [0.2, 0.25) is 10.0 Å². The third kappa shape index (κ3) is 6.77. The monoisotopic (exact) mass is 374 g/mol. The number of hydrogen-bond acceptors (Lipinski definition) is 4. The fraction of sp³-hybridized carbons (Fsp3) is 0.667. The van der Waals surface area contributed by atoms with E-state index in [1.54, 1.807) is 18.2 Å². The molecular weight excluding hydrogens is 347 g/mol. The summed E-state index contributed by atoms with van der Waals surface area (Å²) in [6, 6.07) is 5.10. The van der Waals surface area contributed by atoms with Crippen LogP contribution in [0.15, 0.2) is 18.2 Å². The number of aliphatic hydroxyl groups is 1. The first-order valence-electron chi connectivity index (χ1n) is 8.79. The Bertz CT molecular complexity index is 496. The molecule has 136 valence electrons. The lowest BCUT2D eigenvalue weighted by Crippen LogP contribution is -2.41. The second kappa shape index (κ2) is 10.5. The van der Waals surface area contributed by atoms with Crippen LogP contribution in [0.3, 0.4) is 0 Å². The first kappa shape index (κ1) is 19.8. The first-order valence-corrected chi connectivity index (χ1v) is 9.54. The van der Waals surface area contributed by atoms with Gasteiger partial charge in [-0.05, 0) is 50.7 Å². The number of piperidine rings is 1. The van der Waals surface area contributed by atoms with Gasteiger partial charge in [0.15, 0.2) is 0 Å². The Morgan fingerprint density at radius 2 is 2.00 bits per heavy atom. The topological polar surface area (TPSA) is 35.9 Å². The number of halogens is 2. The number of nitrogens with zero attached hydrogens (tertiary/aromatic N) is 2. The molecule has 0 bridgehead atoms. The maximum Gasteiger partial charge on any atom is 0.138 e. The van der Waals surface area contributed by atoms with Crippen LogP contribution in [0.1, 0.15) is 26.2 Å². The van der Waals surface area contributed by atoms with Gasteiger partial charge >= 0.3 is 0 Å². The summed E-state index contributed by atoms with van der Waals surface area (Å²) in [5, 5.41) is 11.3. The Kier molecular flexibility index (Phi) is 8.63. The van der Waals surface area contributed by atoms with E-state index < -0.39 is 6.10 Å². The lowest BCUT2D eigenvalue weighted by molar-refractivity contribution is 0.0650. The molecule has 1 aliphatic rings. The minimum absolute atomic E-state index is 0.224. The van der Waals surface area contributed by atoms with Crippen molar-refractivity contribution in [2.24, 2.45) is 0 Å². The first-order chi connectivity index (χ1) is 11.6. The van der Waals surface area contributed by atoms with Crippen LogP contribution < -0.4 is 4.74 Å². The smallest absolute Gasteiger partial charge is 0.138 e. The summed E-state index contributed by atoms with van der Waals surface area (Å²) in [5.74, 6) is 0.552. The highest BCUT2D eigenvalue weighted by atomic mass is 35.5. The van der Waals surface area contributed by atoms with Crippen molar-refractivity contribution in [2.45, 2.75) is 32.3 Å². The minimum Gasteiger partial charge on any atom is -0.489 e. The summed E-state index contributed by atoms with van der Waals surface area (Å²) in [5.41, 5.74) is 0. The number of benzene rings is 1. The number of likely N-dealkylation sites (N-methyl/N-ethyl adjacent to an activating group) is 1. The molecule has 0 aromatic heterocycles. The summed E-state index contributed by atoms with van der Waals surface area (Å²) in [6.07, 6.45) is 3.43. The molecule has 1 aromatic carbocycles. The molecule has 0 amide bonds. The molecule has 2 rings (SSSR count). The third-order valence-electron chi connectivity index (χ3n) is 4.42. The van der Waals surface area contributed by atoms with Gasteiger partial charge in [0, 0.05) is 24.7 Å². The van der Waals surface area contributed by atoms with E-state index in [0.717, 1.165) is 19.6 Å². The second-order valence-electron chi connectivity index (χ2n) is 6.34. The fourth-order valence-corrected chi connectivity index (χ4v) is 3.44. The van der Waals surface area contributed by atoms with Crippen molar-refractivity contribution < 1.29 is 9.84 Å². The molecule has 24 heavy (non-hydrogen) atoms. The van der Waals surface area contributed by atoms with Gasteiger partial charge in [-0.2, -0.15) is 0 Å². The number of rotatable bonds is 9. The summed E-state index contributed by atoms with van der Waals surface area (Å²) < 4.78 is 5.62. The summed E-state index contributed by atoms with van der Waals surface area (Å²) in [4.78, 5) is 4.79. The minimum atomic E-state index is -0.543. The maximum absolute atomic E-state index is 10.2. The molecule has 1 atom stereocenters. The lowest BCUT2D eigenvalue weighted by atomic mass is 10.1. The van der Waals surface area contributed by atoms with Crippen LogP contribution in [0.5, 0.6) is 5.75 Å². The van der Waals surface area contributed by atoms with Gasteiger partial charge in [-0.15, -0.1) is 0 Å². The van der Waals surface area contributed by atoms with Gasteiger partial charge in [0.05, 0.1) is 5.02 Å². The highest BCUT2D eigenvalue weighted by Crippen LogP contribution is 2.27. The van der Waals surface area contributed by atoms with Crippen molar-refractivity contribution in [3.63, 3.8) is 0 Å². The quantitative estimate of drug-likeness (QED) is 0.716. The number of likely N-dealkylation sites (tertiary alicyclic amines) is 1. The molecule has 0 radical (unpaired) electrons. The van der Waals surface area contributed by atoms with E-state index in [2.05, 4.69) is 16.7 Å². The molecule has 1 fully saturated rings. The average Bonchev–Trinajstić information content (AvgIpc) is 2.58. The zero-order valence-electron chi connectivity index (χ0n) is 14.4. The standard InChI is InChI=1S/C18H28Cl2N2O2/c1-2-21(10-11-22-8-4-3-5-9-22)13-16(23)14-24-18-7-6-15(19)12-17(18)20/h6-7,12,16,23H,2-5,8-11,13-14H2,1H3. The van der Waals surface area contributed by atoms with E-state index in [1.807, 2.05) is 0 Å². The summed E-state index contributed by atoms with van der Waals surface area (Å²) in [7, 11) is 0. The van der Waals surface area contributed by atoms with E-state index in [4.69, 9.17) is 27.9 Å². The van der Waals surface area contributed by atoms with Crippen LogP contribution in [-0.2, 0) is 0 Å². The fourth-order valence-electron chi connectivity index (χ4n) is 2.97. The van der Waals surface area contributed by atoms with E-state index in [1.165, 1.54) is 32.4 Å². The van der Waals surface area contributed by atoms with E-state index in [-0.39, 0.29) is 6.61 Å². The number of hydrogen-bond donors (Lipinski definition) is 1. The molecule has 1 aliphatic heterocycles. The van der Waals surface area contributed by atoms with Crippen LogP contribution >= 0.6 is 23.2 Å². The van der Waals surface area contributed by atoms with E-state index in [0.29, 0.717) is 22.3 Å². The van der Waals surface area contributed by atoms with Gasteiger partial charge in [-0.3, -0.25) is 4.90 Å². The Morgan fingerprint density at radius 1 is 1.25 bits per heavy atom. The van der Waals surface area contributed by atoms with Crippen molar-refractivity contribution in [1.29, 1.82) is 0 Å². The van der Waals surface area contributed by atoms with E-state index in [9.17, 15) is 5.11 Å². The molecule has 4 nitrogen and oxygen atoms in total. The second-order valence-corrected chi connectivity index (χ2v) is 7.18. The normalized spacial score (nSPS) is 17.2. The lowest BCUT2D eigenvalue weighted by Gasteiger charge is -2.30. The average molecular weight is 375 g/mol. The Hall–Kier alpha value is -0.520. The van der Waals surface area contributed by atoms with Crippen molar-refractivity contribution in [1.82, 2.24) is 9.80 Å². The zero-order chi connectivity index (χ0) is 17.4. The predicted molar refractivity (Wildman–Crippen MR) is 100 cm³/mol. The molecule has 0 spiro atoms. The Labute approximate surface area is 155 Å². The zero-order valence-corrected chi connectivity index (χ0v) is 15.9. The molecule has 1 heterocycles. The van der Waals surface area contributed by atoms with Crippen molar-refractivity contribution in [3.05, 3.63) is 28.2 Å². The predicted octanol–water partition coefficient (Wildman–Crippen LogP) is 3.54. The van der Waals surface area contributed by atoms with Gasteiger partial charge in [0.2, 0.25) is 0 Å². The molecule has 1 N–H and O–H groups in total. The van der Waals surface area contributed by atoms with Crippen molar-refractivity contribution >= 4 is 23.2 Å². The SMILES string of the molecule is CCN(CCN1CCCCC1)CC(O)COc1ccc(Cl)cc1Cl. The van der Waals surface area contributed by atoms with Gasteiger partial charge in [0.25, 0.3) is 0 Å². The van der Waals surface area contributed by atoms with Gasteiger partial charge in [-0.25, -0.2) is 0 Å². The molecule has 6 heteroatoms. The summed E-state index contributed by atoms with van der Waals surface area (Å²) in [6.45, 7) is 8.35. The van der Waals surface area contributed by atoms with Crippen LogP contribution in [0.4, 0.5) is 0 Å². The third-order valence-corrected chi connectivity index (χ3v) is 4.95. The number of aliphatic hydroxyl groups excluding tert-OH is 1. The largest absolute Gasteiger partial charge is 0.489 e. The van der Waals surface area contributed by atoms with Crippen LogP contribution in [0.25, 0.3) is 0 Å². The highest BCUT2D eigenvalue weighted by molar-refractivity contribution is 6.35. The Balaban J connectivity index is 1.71. The van der Waals surface area contributed by atoms with Gasteiger partial charge in [0.1, 0.15) is 18.5 Å². The van der Waals surface area contributed by atoms with E-state index >= 15 is 0 Å². The Morgan fingerprint density at radius 3 is 2.67 bits per heavy atom. The molecule has 0 saturated carbocycles. The highest BCUT2D eigenvalue weighted by Gasteiger charge is 2.15. The molecule has 1 aromatic rings. The maximum atomic E-state index is 10.2. The van der Waals surface area contributed by atoms with Crippen LogP contribution in [0, 0.1) is 0 Å². The molecule has 1 saturated heterocycles. The van der Waals surface area contributed by atoms with Crippen LogP contribution in [-0.4, -0.2) is 66.9 Å². The molecule has 1 unspecified atom stereocenters. The molecule has 0 aliphatic carbocycles. The number of ether oxygens (including phenoxy) is 1. The van der Waals surface area contributed by atoms with Gasteiger partial charge < -0.3 is 14.7 Å². The van der Waals surface area contributed by atoms with Gasteiger partial charge in [-0.1, -0.05) is 36.5 Å². The van der Waals surface area contributed by atoms with Crippen molar-refractivity contribution in [2.75, 3.05) is 45.9 Å². The molecular formula is C18H28Cl2N2O2.